The summed E-state index contributed by atoms with van der Waals surface area (Å²) in [4.78, 5) is 27.0. The van der Waals surface area contributed by atoms with Gasteiger partial charge in [-0.1, -0.05) is 18.2 Å². The van der Waals surface area contributed by atoms with Gasteiger partial charge in [0.25, 0.3) is 0 Å². The summed E-state index contributed by atoms with van der Waals surface area (Å²) in [6.07, 6.45) is -4.57. The first-order valence-corrected chi connectivity index (χ1v) is 11.3. The fourth-order valence-electron chi connectivity index (χ4n) is 4.29. The minimum Gasteiger partial charge on any atom is -0.378 e. The number of nitrogens with one attached hydrogen (secondary N) is 1. The zero-order chi connectivity index (χ0) is 24.3. The molecule has 0 saturated carbocycles. The molecule has 10 heteroatoms. The number of aryl methyl sites for hydroxylation is 2. The predicted octanol–water partition coefficient (Wildman–Crippen LogP) is 3.38. The molecule has 1 aliphatic rings. The Labute approximate surface area is 194 Å². The van der Waals surface area contributed by atoms with Gasteiger partial charge in [-0.3, -0.25) is 13.9 Å². The molecule has 7 nitrogen and oxygen atoms in total. The summed E-state index contributed by atoms with van der Waals surface area (Å²) in [5.74, 6) is -0.425. The van der Waals surface area contributed by atoms with E-state index in [1.54, 1.807) is 10.6 Å². The fourth-order valence-corrected chi connectivity index (χ4v) is 4.29. The third-order valence-electron chi connectivity index (χ3n) is 6.05. The van der Waals surface area contributed by atoms with Crippen molar-refractivity contribution in [2.75, 3.05) is 31.2 Å². The lowest BCUT2D eigenvalue weighted by Gasteiger charge is -2.29. The van der Waals surface area contributed by atoms with E-state index >= 15 is 0 Å². The molecule has 2 heterocycles. The monoisotopic (exact) mass is 476 g/mol. The van der Waals surface area contributed by atoms with Gasteiger partial charge in [-0.2, -0.15) is 13.2 Å². The zero-order valence-electron chi connectivity index (χ0n) is 18.9. The van der Waals surface area contributed by atoms with E-state index in [2.05, 4.69) is 5.32 Å². The van der Waals surface area contributed by atoms with Gasteiger partial charge in [0.05, 0.1) is 29.8 Å². The number of imidazole rings is 1. The molecule has 1 aromatic heterocycles. The van der Waals surface area contributed by atoms with Gasteiger partial charge in [-0.05, 0) is 36.8 Å². The van der Waals surface area contributed by atoms with Crippen LogP contribution in [0.1, 0.15) is 24.5 Å². The Morgan fingerprint density at radius 1 is 1.06 bits per heavy atom. The number of amides is 1. The van der Waals surface area contributed by atoms with Crippen LogP contribution in [-0.2, 0) is 35.3 Å². The second-order valence-electron chi connectivity index (χ2n) is 8.13. The lowest BCUT2D eigenvalue weighted by Crippen LogP contribution is -2.36. The SMILES string of the molecule is CCn1c(=O)n(CCC(=O)NCc2ccc(N3CCOCC3)cc2C(F)(F)F)c2ccccc21. The first-order valence-electron chi connectivity index (χ1n) is 11.3. The summed E-state index contributed by atoms with van der Waals surface area (Å²) in [7, 11) is 0. The predicted molar refractivity (Wildman–Crippen MR) is 123 cm³/mol. The Morgan fingerprint density at radius 2 is 1.74 bits per heavy atom. The van der Waals surface area contributed by atoms with Gasteiger partial charge in [0.15, 0.2) is 0 Å². The van der Waals surface area contributed by atoms with E-state index in [4.69, 9.17) is 4.74 Å². The molecule has 1 saturated heterocycles. The average Bonchev–Trinajstić information content (AvgIpc) is 3.11. The molecule has 0 atom stereocenters. The van der Waals surface area contributed by atoms with Crippen LogP contribution in [0.4, 0.5) is 18.9 Å². The minimum atomic E-state index is -4.54. The maximum atomic E-state index is 13.7. The van der Waals surface area contributed by atoms with Crippen molar-refractivity contribution in [3.05, 3.63) is 64.1 Å². The molecule has 3 aromatic rings. The molecule has 1 N–H and O–H groups in total. The number of halogens is 3. The van der Waals surface area contributed by atoms with Crippen molar-refractivity contribution in [2.45, 2.75) is 39.2 Å². The van der Waals surface area contributed by atoms with E-state index in [9.17, 15) is 22.8 Å². The van der Waals surface area contributed by atoms with Crippen molar-refractivity contribution < 1.29 is 22.7 Å². The summed E-state index contributed by atoms with van der Waals surface area (Å²) < 4.78 is 49.6. The van der Waals surface area contributed by atoms with Crippen LogP contribution in [0.5, 0.6) is 0 Å². The topological polar surface area (TPSA) is 68.5 Å². The van der Waals surface area contributed by atoms with Crippen LogP contribution in [0, 0.1) is 0 Å². The normalized spacial score (nSPS) is 14.5. The van der Waals surface area contributed by atoms with Gasteiger partial charge in [0, 0.05) is 44.8 Å². The summed E-state index contributed by atoms with van der Waals surface area (Å²) in [5, 5.41) is 2.57. The molecule has 0 radical (unpaired) electrons. The third-order valence-corrected chi connectivity index (χ3v) is 6.05. The zero-order valence-corrected chi connectivity index (χ0v) is 18.9. The van der Waals surface area contributed by atoms with Crippen molar-refractivity contribution in [1.29, 1.82) is 0 Å². The standard InChI is InChI=1S/C24H27F3N4O3/c1-2-30-20-5-3-4-6-21(20)31(23(30)33)10-9-22(32)28-16-17-7-8-18(15-19(17)24(25,26)27)29-11-13-34-14-12-29/h3-8,15H,2,9-14,16H2,1H3,(H,28,32). The van der Waals surface area contributed by atoms with Crippen molar-refractivity contribution >= 4 is 22.6 Å². The van der Waals surface area contributed by atoms with Crippen LogP contribution in [0.15, 0.2) is 47.3 Å². The number of carbonyl (C=O) groups excluding carboxylic acids is 1. The lowest BCUT2D eigenvalue weighted by molar-refractivity contribution is -0.138. The number of benzene rings is 2. The number of rotatable bonds is 7. The molecule has 4 rings (SSSR count). The van der Waals surface area contributed by atoms with Gasteiger partial charge in [-0.25, -0.2) is 4.79 Å². The maximum absolute atomic E-state index is 13.7. The highest BCUT2D eigenvalue weighted by atomic mass is 19.4. The summed E-state index contributed by atoms with van der Waals surface area (Å²) in [6, 6.07) is 11.5. The quantitative estimate of drug-likeness (QED) is 0.568. The number of aromatic nitrogens is 2. The lowest BCUT2D eigenvalue weighted by atomic mass is 10.0. The van der Waals surface area contributed by atoms with E-state index in [1.165, 1.54) is 10.6 Å². The number of para-hydroxylation sites is 2. The van der Waals surface area contributed by atoms with Gasteiger partial charge < -0.3 is 15.0 Å². The largest absolute Gasteiger partial charge is 0.416 e. The van der Waals surface area contributed by atoms with Crippen LogP contribution in [0.25, 0.3) is 11.0 Å². The van der Waals surface area contributed by atoms with Crippen molar-refractivity contribution in [2.24, 2.45) is 0 Å². The van der Waals surface area contributed by atoms with Crippen LogP contribution in [0.3, 0.4) is 0 Å². The van der Waals surface area contributed by atoms with Gasteiger partial charge in [0.2, 0.25) is 5.91 Å². The van der Waals surface area contributed by atoms with E-state index < -0.39 is 17.6 Å². The number of fused-ring (bicyclic) bond motifs is 1. The van der Waals surface area contributed by atoms with Crippen molar-refractivity contribution in [3.8, 4) is 0 Å². The molecule has 1 aliphatic heterocycles. The number of carbonyl (C=O) groups is 1. The van der Waals surface area contributed by atoms with Crippen LogP contribution >= 0.6 is 0 Å². The highest BCUT2D eigenvalue weighted by molar-refractivity contribution is 5.78. The number of anilines is 1. The number of hydrogen-bond donors (Lipinski definition) is 1. The van der Waals surface area contributed by atoms with E-state index in [0.29, 0.717) is 38.5 Å². The highest BCUT2D eigenvalue weighted by Gasteiger charge is 2.34. The van der Waals surface area contributed by atoms with Gasteiger partial charge in [0.1, 0.15) is 0 Å². The van der Waals surface area contributed by atoms with E-state index in [1.807, 2.05) is 36.1 Å². The average molecular weight is 476 g/mol. The number of hydrogen-bond acceptors (Lipinski definition) is 4. The number of ether oxygens (including phenoxy) is 1. The van der Waals surface area contributed by atoms with Crippen molar-refractivity contribution in [3.63, 3.8) is 0 Å². The summed E-state index contributed by atoms with van der Waals surface area (Å²) >= 11 is 0. The van der Waals surface area contributed by atoms with Crippen LogP contribution in [0.2, 0.25) is 0 Å². The maximum Gasteiger partial charge on any atom is 0.416 e. The molecule has 182 valence electrons. The first kappa shape index (κ1) is 23.9. The Balaban J connectivity index is 1.44. The molecule has 0 aliphatic carbocycles. The van der Waals surface area contributed by atoms with Crippen molar-refractivity contribution in [1.82, 2.24) is 14.5 Å². The Kier molecular flexibility index (Phi) is 6.97. The Hall–Kier alpha value is -3.27. The number of alkyl halides is 3. The molecule has 0 spiro atoms. The molecule has 1 fully saturated rings. The molecule has 0 bridgehead atoms. The minimum absolute atomic E-state index is 0.00221. The van der Waals surface area contributed by atoms with Crippen LogP contribution < -0.4 is 15.9 Å². The first-order chi connectivity index (χ1) is 16.3. The summed E-state index contributed by atoms with van der Waals surface area (Å²) in [6.45, 7) is 4.26. The highest BCUT2D eigenvalue weighted by Crippen LogP contribution is 2.35. The second-order valence-corrected chi connectivity index (χ2v) is 8.13. The number of nitrogens with zero attached hydrogens (tertiary/aromatic N) is 3. The molecular formula is C24H27F3N4O3. The Bertz CT molecular complexity index is 1230. The second kappa shape index (κ2) is 9.92. The third kappa shape index (κ3) is 4.96. The molecular weight excluding hydrogens is 449 g/mol. The van der Waals surface area contributed by atoms with Gasteiger partial charge >= 0.3 is 11.9 Å². The molecule has 34 heavy (non-hydrogen) atoms. The molecule has 2 aromatic carbocycles. The van der Waals surface area contributed by atoms with Crippen LogP contribution in [-0.4, -0.2) is 41.3 Å². The number of morpholine rings is 1. The molecule has 1 amide bonds. The Morgan fingerprint density at radius 3 is 2.38 bits per heavy atom. The van der Waals surface area contributed by atoms with E-state index in [0.717, 1.165) is 17.1 Å². The van der Waals surface area contributed by atoms with E-state index in [-0.39, 0.29) is 30.8 Å². The smallest absolute Gasteiger partial charge is 0.378 e. The fraction of sp³-hybridized carbons (Fsp3) is 0.417. The molecule has 0 unspecified atom stereocenters. The summed E-state index contributed by atoms with van der Waals surface area (Å²) in [5.41, 5.74) is 1.01. The van der Waals surface area contributed by atoms with Gasteiger partial charge in [-0.15, -0.1) is 0 Å².